The van der Waals surface area contributed by atoms with Crippen molar-refractivity contribution >= 4 is 75.3 Å². The van der Waals surface area contributed by atoms with Crippen LogP contribution < -0.4 is 14.7 Å². The summed E-state index contributed by atoms with van der Waals surface area (Å²) in [6, 6.07) is 17.9. The summed E-state index contributed by atoms with van der Waals surface area (Å²) in [5.41, 5.74) is 0.722. The van der Waals surface area contributed by atoms with Gasteiger partial charge in [-0.15, -0.1) is 23.2 Å². The van der Waals surface area contributed by atoms with Gasteiger partial charge in [-0.1, -0.05) is 29.8 Å². The van der Waals surface area contributed by atoms with E-state index in [1.54, 1.807) is 30.3 Å². The molecular formula is C41H30Cl2F5N5O5. The summed E-state index contributed by atoms with van der Waals surface area (Å²) in [6.07, 6.45) is 0.818. The van der Waals surface area contributed by atoms with Crippen molar-refractivity contribution in [3.8, 4) is 5.75 Å². The number of phenols is 1. The number of rotatable bonds is 6. The van der Waals surface area contributed by atoms with E-state index >= 15 is 8.78 Å². The third-order valence-corrected chi connectivity index (χ3v) is 13.0. The fraction of sp³-hybridized carbons (Fsp3) is 0.268. The van der Waals surface area contributed by atoms with Crippen LogP contribution in [-0.2, 0) is 19.2 Å². The molecule has 3 fully saturated rings. The summed E-state index contributed by atoms with van der Waals surface area (Å²) in [4.78, 5) is 54.6. The van der Waals surface area contributed by atoms with E-state index in [9.17, 15) is 37.5 Å². The highest BCUT2D eigenvalue weighted by atomic mass is 35.5. The summed E-state index contributed by atoms with van der Waals surface area (Å²) in [6.45, 7) is 1.52. The first-order valence-electron chi connectivity index (χ1n) is 17.9. The summed E-state index contributed by atoms with van der Waals surface area (Å²) >= 11 is 14.3. The topological polar surface area (TPSA) is 123 Å². The van der Waals surface area contributed by atoms with Crippen molar-refractivity contribution in [1.82, 2.24) is 0 Å². The summed E-state index contributed by atoms with van der Waals surface area (Å²) < 4.78 is 73.8. The lowest BCUT2D eigenvalue weighted by Crippen LogP contribution is -2.60. The Hall–Kier alpha value is -5.67. The van der Waals surface area contributed by atoms with Gasteiger partial charge in [0.15, 0.2) is 33.0 Å². The molecule has 17 heteroatoms. The lowest BCUT2D eigenvalue weighted by Gasteiger charge is -2.50. The minimum Gasteiger partial charge on any atom is -0.507 e. The Bertz CT molecular complexity index is 2510. The molecule has 4 aromatic carbocycles. The number of azo groups is 1. The number of carbonyl (C=O) groups is 4. The van der Waals surface area contributed by atoms with Crippen LogP contribution in [0.4, 0.5) is 50.4 Å². The molecule has 6 atom stereocenters. The van der Waals surface area contributed by atoms with Gasteiger partial charge in [-0.05, 0) is 79.8 Å². The van der Waals surface area contributed by atoms with Gasteiger partial charge in [-0.3, -0.25) is 24.1 Å². The highest BCUT2D eigenvalue weighted by Gasteiger charge is 2.77. The molecule has 4 aromatic rings. The Morgan fingerprint density at radius 3 is 1.90 bits per heavy atom. The van der Waals surface area contributed by atoms with Crippen LogP contribution in [0.3, 0.4) is 0 Å². The fourth-order valence-electron chi connectivity index (χ4n) is 8.68. The Morgan fingerprint density at radius 2 is 1.31 bits per heavy atom. The number of aryl methyl sites for hydroxylation is 1. The second kappa shape index (κ2) is 13.7. The molecule has 1 N–H and O–H groups in total. The van der Waals surface area contributed by atoms with Crippen LogP contribution in [0, 0.1) is 53.8 Å². The molecule has 58 heavy (non-hydrogen) atoms. The quantitative estimate of drug-likeness (QED) is 0.0395. The molecule has 0 spiro atoms. The Kier molecular flexibility index (Phi) is 9.27. The van der Waals surface area contributed by atoms with Crippen LogP contribution in [0.25, 0.3) is 0 Å². The molecule has 8 rings (SSSR count). The lowest BCUT2D eigenvalue weighted by molar-refractivity contribution is -0.125. The first-order valence-corrected chi connectivity index (χ1v) is 18.6. The molecule has 1 saturated carbocycles. The maximum absolute atomic E-state index is 15.3. The van der Waals surface area contributed by atoms with E-state index in [0.717, 1.165) is 10.6 Å². The van der Waals surface area contributed by atoms with Crippen molar-refractivity contribution in [3.05, 3.63) is 119 Å². The van der Waals surface area contributed by atoms with Gasteiger partial charge in [0.25, 0.3) is 11.8 Å². The van der Waals surface area contributed by atoms with Crippen molar-refractivity contribution in [2.24, 2.45) is 28.0 Å². The number of amides is 4. The molecule has 10 nitrogen and oxygen atoms in total. The van der Waals surface area contributed by atoms with Crippen LogP contribution in [0.1, 0.15) is 29.9 Å². The molecular weight excluding hydrogens is 808 g/mol. The number of phenolic OH excluding ortho intramolecular Hbond substituents is 1. The molecule has 2 aliphatic carbocycles. The number of benzene rings is 4. The van der Waals surface area contributed by atoms with Crippen molar-refractivity contribution < 1.29 is 46.2 Å². The average Bonchev–Trinajstić information content (AvgIpc) is 3.54. The van der Waals surface area contributed by atoms with Crippen molar-refractivity contribution in [1.29, 1.82) is 0 Å². The molecule has 0 radical (unpaired) electrons. The first-order chi connectivity index (χ1) is 27.4. The second-order valence-electron chi connectivity index (χ2n) is 14.8. The normalized spacial score (nSPS) is 26.6. The molecule has 298 valence electrons. The smallest absolute Gasteiger partial charge is 0.258 e. The van der Waals surface area contributed by atoms with Gasteiger partial charge < -0.3 is 10.0 Å². The summed E-state index contributed by atoms with van der Waals surface area (Å²) in [5.74, 6) is -22.2. The number of imide groups is 2. The third-order valence-electron chi connectivity index (χ3n) is 11.6. The molecule has 4 aliphatic rings. The van der Waals surface area contributed by atoms with Gasteiger partial charge in [-0.25, -0.2) is 26.9 Å². The van der Waals surface area contributed by atoms with E-state index in [2.05, 4.69) is 10.2 Å². The number of alkyl halides is 2. The standard InChI is InChI=1S/C41H30Cl2F5N5O5/c1-18-5-4-6-25(35(18)54)28-23-15-16-24-27(37(56)52(36(24)55)22-13-9-20(10-14-22)50-49-19-7-11-21(12-8-19)51(2)3)26(23)17-40(42)38(57)53(39(58)41(28,40)43)34-32(47)30(45)29(44)31(46)33(34)48/h4-15,24,26-28,54H,16-17H2,1-3H3. The van der Waals surface area contributed by atoms with Crippen molar-refractivity contribution in [2.45, 2.75) is 35.4 Å². The molecule has 0 bridgehead atoms. The number of allylic oxidation sites excluding steroid dienone is 2. The van der Waals surface area contributed by atoms with Crippen molar-refractivity contribution in [2.75, 3.05) is 28.8 Å². The number of hydrogen-bond acceptors (Lipinski definition) is 8. The molecule has 2 heterocycles. The maximum Gasteiger partial charge on any atom is 0.258 e. The zero-order valence-electron chi connectivity index (χ0n) is 30.6. The maximum atomic E-state index is 15.3. The fourth-order valence-corrected chi connectivity index (χ4v) is 9.61. The average molecular weight is 839 g/mol. The summed E-state index contributed by atoms with van der Waals surface area (Å²) in [5, 5.41) is 19.8. The van der Waals surface area contributed by atoms with Gasteiger partial charge in [0.2, 0.25) is 17.6 Å². The van der Waals surface area contributed by atoms with Gasteiger partial charge in [0.05, 0.1) is 28.9 Å². The van der Waals surface area contributed by atoms with Crippen LogP contribution in [0.15, 0.2) is 88.6 Å². The van der Waals surface area contributed by atoms with E-state index in [-0.39, 0.29) is 33.7 Å². The number of carbonyl (C=O) groups excluding carboxylic acids is 4. The van der Waals surface area contributed by atoms with E-state index < -0.39 is 104 Å². The molecule has 4 amide bonds. The third kappa shape index (κ3) is 5.42. The van der Waals surface area contributed by atoms with Crippen LogP contribution in [0.5, 0.6) is 5.75 Å². The number of nitrogens with zero attached hydrogens (tertiary/aromatic N) is 5. The summed E-state index contributed by atoms with van der Waals surface area (Å²) in [7, 11) is 3.81. The highest BCUT2D eigenvalue weighted by molar-refractivity contribution is 6.58. The molecule has 6 unspecified atom stereocenters. The number of fused-ring (bicyclic) bond motifs is 4. The predicted octanol–water partition coefficient (Wildman–Crippen LogP) is 8.65. The number of aromatic hydroxyl groups is 1. The van der Waals surface area contributed by atoms with E-state index in [1.807, 2.05) is 31.1 Å². The number of anilines is 3. The van der Waals surface area contributed by atoms with Crippen LogP contribution in [-0.4, -0.2) is 52.6 Å². The lowest BCUT2D eigenvalue weighted by atomic mass is 9.56. The minimum atomic E-state index is -2.75. The van der Waals surface area contributed by atoms with Gasteiger partial charge >= 0.3 is 0 Å². The van der Waals surface area contributed by atoms with Crippen LogP contribution >= 0.6 is 23.2 Å². The Labute approximate surface area is 337 Å². The minimum absolute atomic E-state index is 0.0642. The van der Waals surface area contributed by atoms with Gasteiger partial charge in [-0.2, -0.15) is 10.2 Å². The number of halogens is 7. The second-order valence-corrected chi connectivity index (χ2v) is 16.1. The Balaban J connectivity index is 1.19. The largest absolute Gasteiger partial charge is 0.507 e. The monoisotopic (exact) mass is 837 g/mol. The molecule has 2 aliphatic heterocycles. The number of para-hydroxylation sites is 1. The highest BCUT2D eigenvalue weighted by Crippen LogP contribution is 2.67. The van der Waals surface area contributed by atoms with E-state index in [0.29, 0.717) is 11.4 Å². The number of hydrogen-bond donors (Lipinski definition) is 1. The molecule has 0 aromatic heterocycles. The Morgan fingerprint density at radius 1 is 0.741 bits per heavy atom. The van der Waals surface area contributed by atoms with E-state index in [1.165, 1.54) is 37.3 Å². The zero-order chi connectivity index (χ0) is 41.7. The van der Waals surface area contributed by atoms with Crippen molar-refractivity contribution in [3.63, 3.8) is 0 Å². The van der Waals surface area contributed by atoms with E-state index in [4.69, 9.17) is 23.2 Å². The van der Waals surface area contributed by atoms with Crippen LogP contribution in [0.2, 0.25) is 0 Å². The predicted molar refractivity (Wildman–Crippen MR) is 203 cm³/mol. The van der Waals surface area contributed by atoms with Gasteiger partial charge in [0.1, 0.15) is 11.4 Å². The SMILES string of the molecule is Cc1cccc(C2C3=CCC4C(=O)N(c5ccc(N=Nc6ccc(N(C)C)cc6)cc5)C(=O)C4C3CC3(Cl)C(=O)N(c4c(F)c(F)c(F)c(F)c4F)C(=O)C23Cl)c1O. The zero-order valence-corrected chi connectivity index (χ0v) is 32.1. The first kappa shape index (κ1) is 39.2. The van der Waals surface area contributed by atoms with Gasteiger partial charge in [0, 0.05) is 31.3 Å². The molecule has 2 saturated heterocycles.